The summed E-state index contributed by atoms with van der Waals surface area (Å²) in [4.78, 5) is 40.1. The van der Waals surface area contributed by atoms with Crippen molar-refractivity contribution in [3.8, 4) is 23.0 Å². The maximum absolute atomic E-state index is 12.4. The number of aldehydes is 1. The number of aromatic hydroxyl groups is 1. The van der Waals surface area contributed by atoms with E-state index in [0.717, 1.165) is 5.56 Å². The first-order chi connectivity index (χ1) is 16.3. The van der Waals surface area contributed by atoms with E-state index < -0.39 is 20.2 Å². The van der Waals surface area contributed by atoms with Gasteiger partial charge in [0.25, 0.3) is 0 Å². The highest BCUT2D eigenvalue weighted by molar-refractivity contribution is 7.34. The van der Waals surface area contributed by atoms with Crippen LogP contribution in [0.2, 0.25) is 0 Å². The molecule has 1 N–H and O–H groups in total. The lowest BCUT2D eigenvalue weighted by Gasteiger charge is -2.12. The molecule has 1 heterocycles. The molecule has 9 nitrogen and oxygen atoms in total. The average molecular weight is 482 g/mol. The lowest BCUT2D eigenvalue weighted by Crippen LogP contribution is -2.21. The molecule has 34 heavy (non-hydrogen) atoms. The van der Waals surface area contributed by atoms with E-state index in [1.807, 2.05) is 6.92 Å². The second-order valence-electron chi connectivity index (χ2n) is 7.34. The number of para-hydroxylation sites is 2. The Morgan fingerprint density at radius 2 is 1.85 bits per heavy atom. The topological polar surface area (TPSA) is 130 Å². The average Bonchev–Trinajstić information content (AvgIpc) is 2.82. The number of esters is 1. The van der Waals surface area contributed by atoms with Crippen molar-refractivity contribution >= 4 is 20.4 Å². The van der Waals surface area contributed by atoms with Gasteiger partial charge in [-0.3, -0.25) is 14.3 Å². The van der Waals surface area contributed by atoms with Crippen LogP contribution in [0.3, 0.4) is 0 Å². The number of carbonyl (C=O) groups is 2. The summed E-state index contributed by atoms with van der Waals surface area (Å²) in [6.45, 7) is 4.85. The highest BCUT2D eigenvalue weighted by Gasteiger charge is 2.21. The van der Waals surface area contributed by atoms with E-state index >= 15 is 0 Å². The lowest BCUT2D eigenvalue weighted by molar-refractivity contribution is -0.169. The van der Waals surface area contributed by atoms with E-state index in [4.69, 9.17) is 14.0 Å². The Hall–Kier alpha value is -3.81. The van der Waals surface area contributed by atoms with E-state index in [2.05, 4.69) is 9.73 Å². The van der Waals surface area contributed by atoms with Gasteiger partial charge >= 0.3 is 14.1 Å². The first-order valence-corrected chi connectivity index (χ1v) is 11.4. The van der Waals surface area contributed by atoms with E-state index in [-0.39, 0.29) is 29.4 Å². The summed E-state index contributed by atoms with van der Waals surface area (Å²) in [6.07, 6.45) is 1.96. The number of hydrogen-bond acceptors (Lipinski definition) is 9. The third-order valence-corrected chi connectivity index (χ3v) is 5.62. The van der Waals surface area contributed by atoms with E-state index in [9.17, 15) is 19.6 Å². The number of rotatable bonds is 9. The van der Waals surface area contributed by atoms with Gasteiger partial charge in [-0.15, -0.1) is 0 Å². The van der Waals surface area contributed by atoms with Gasteiger partial charge in [0.2, 0.25) is 5.75 Å². The molecule has 0 spiro atoms. The summed E-state index contributed by atoms with van der Waals surface area (Å²) in [7, 11) is -2.62. The molecule has 3 aromatic rings. The van der Waals surface area contributed by atoms with Crippen LogP contribution >= 0.6 is 8.17 Å². The second kappa shape index (κ2) is 11.4. The maximum Gasteiger partial charge on any atom is 0.395 e. The fourth-order valence-corrected chi connectivity index (χ4v) is 3.55. The van der Waals surface area contributed by atoms with Gasteiger partial charge in [-0.25, -0.2) is 4.79 Å². The van der Waals surface area contributed by atoms with Gasteiger partial charge in [0.1, 0.15) is 18.1 Å². The maximum atomic E-state index is 12.4. The highest BCUT2D eigenvalue weighted by Crippen LogP contribution is 2.34. The molecule has 2 aromatic carbocycles. The quantitative estimate of drug-likeness (QED) is 0.209. The zero-order valence-corrected chi connectivity index (χ0v) is 19.7. The van der Waals surface area contributed by atoms with Gasteiger partial charge in [0.05, 0.1) is 11.3 Å². The normalized spacial score (nSPS) is 12.1. The van der Waals surface area contributed by atoms with Gasteiger partial charge in [-0.1, -0.05) is 34.6 Å². The molecule has 2 atom stereocenters. The van der Waals surface area contributed by atoms with Crippen LogP contribution in [0.25, 0.3) is 0 Å². The fourth-order valence-electron chi connectivity index (χ4n) is 2.80. The van der Waals surface area contributed by atoms with Crippen LogP contribution in [-0.2, 0) is 11.4 Å². The van der Waals surface area contributed by atoms with Crippen LogP contribution in [0.5, 0.6) is 23.0 Å². The number of pyridine rings is 1. The molecule has 0 saturated heterocycles. The van der Waals surface area contributed by atoms with Crippen molar-refractivity contribution in [1.29, 1.82) is 0 Å². The molecule has 0 radical (unpaired) electrons. The minimum Gasteiger partial charge on any atom is -0.575 e. The third kappa shape index (κ3) is 6.37. The van der Waals surface area contributed by atoms with Crippen LogP contribution in [0.15, 0.2) is 59.5 Å². The Balaban J connectivity index is 1.67. The number of benzene rings is 2. The smallest absolute Gasteiger partial charge is 0.395 e. The summed E-state index contributed by atoms with van der Waals surface area (Å²) < 4.78 is 20.2. The van der Waals surface area contributed by atoms with Crippen LogP contribution in [-0.4, -0.2) is 28.4 Å². The van der Waals surface area contributed by atoms with Gasteiger partial charge < -0.3 is 19.5 Å². The minimum atomic E-state index is -2.62. The van der Waals surface area contributed by atoms with Gasteiger partial charge in [0.15, 0.2) is 18.1 Å². The van der Waals surface area contributed by atoms with Crippen molar-refractivity contribution in [1.82, 2.24) is 4.98 Å². The van der Waals surface area contributed by atoms with Crippen LogP contribution in [0.1, 0.15) is 34.1 Å². The van der Waals surface area contributed by atoms with Crippen molar-refractivity contribution in [2.75, 3.05) is 0 Å². The Bertz CT molecular complexity index is 1210. The molecule has 0 aliphatic rings. The number of aryl methyl sites for hydroxylation is 2. The molecular formula is C24H23N2O7P. The number of nitrogens with zero attached hydrogens (tertiary/aromatic N) is 2. The predicted molar refractivity (Wildman–Crippen MR) is 123 cm³/mol. The van der Waals surface area contributed by atoms with Crippen LogP contribution in [0.4, 0.5) is 0 Å². The fraction of sp³-hybridized carbons (Fsp3) is 0.208. The molecule has 0 bridgehead atoms. The van der Waals surface area contributed by atoms with Crippen molar-refractivity contribution < 1.29 is 33.6 Å². The monoisotopic (exact) mass is 482 g/mol. The number of aromatic nitrogens is 1. The number of ether oxygens (including phenoxy) is 2. The van der Waals surface area contributed by atoms with E-state index in [0.29, 0.717) is 23.3 Å². The molecular weight excluding hydrogens is 459 g/mol. The summed E-state index contributed by atoms with van der Waals surface area (Å²) in [5.74, 6) is -0.169. The van der Waals surface area contributed by atoms with Gasteiger partial charge in [-0.2, -0.15) is 0 Å². The zero-order valence-electron chi connectivity index (χ0n) is 18.8. The first kappa shape index (κ1) is 24.8. The van der Waals surface area contributed by atoms with Gasteiger partial charge in [-0.05, 0) is 45.0 Å². The Labute approximate surface area is 197 Å². The summed E-state index contributed by atoms with van der Waals surface area (Å²) in [6, 6.07) is 12.3. The summed E-state index contributed by atoms with van der Waals surface area (Å²) in [5.41, 5.74) is 1.79. The SMILES string of the molecule is Cc1ccc(OC(=O)[C@H](C)N=[P+]([O-])Oc2ccccc2OCc2cnc(C)c(O)c2C=O)cc1. The molecule has 1 aromatic heterocycles. The molecule has 0 amide bonds. The third-order valence-electron chi connectivity index (χ3n) is 4.73. The Morgan fingerprint density at radius 3 is 2.53 bits per heavy atom. The molecule has 0 aliphatic carbocycles. The lowest BCUT2D eigenvalue weighted by atomic mass is 10.1. The summed E-state index contributed by atoms with van der Waals surface area (Å²) in [5, 5.41) is 10.0. The molecule has 10 heteroatoms. The standard InChI is InChI=1S/C24H23N2O7P/c1-15-8-10-19(11-9-15)32-24(29)17(3)26-34(30)33-22-7-5-4-6-21(22)31-14-18-12-25-16(2)23(28)20(18)13-27/h4-13,17,28H,14H2,1-3H3/t17-/m0/s1. The Kier molecular flexibility index (Phi) is 8.29. The largest absolute Gasteiger partial charge is 0.575 e. The predicted octanol–water partition coefficient (Wildman–Crippen LogP) is 4.02. The van der Waals surface area contributed by atoms with Crippen molar-refractivity contribution in [2.24, 2.45) is 4.74 Å². The molecule has 3 rings (SSSR count). The molecule has 0 fully saturated rings. The van der Waals surface area contributed by atoms with Crippen molar-refractivity contribution in [3.63, 3.8) is 0 Å². The molecule has 1 unspecified atom stereocenters. The Morgan fingerprint density at radius 1 is 1.18 bits per heavy atom. The van der Waals surface area contributed by atoms with Crippen LogP contribution in [0, 0.1) is 13.8 Å². The summed E-state index contributed by atoms with van der Waals surface area (Å²) >= 11 is 0. The van der Waals surface area contributed by atoms with Crippen molar-refractivity contribution in [2.45, 2.75) is 33.4 Å². The van der Waals surface area contributed by atoms with Crippen LogP contribution < -0.4 is 18.9 Å². The van der Waals surface area contributed by atoms with E-state index in [1.165, 1.54) is 19.2 Å². The number of hydrogen-bond donors (Lipinski definition) is 1. The van der Waals surface area contributed by atoms with E-state index in [1.54, 1.807) is 49.4 Å². The highest BCUT2D eigenvalue weighted by atomic mass is 31.1. The van der Waals surface area contributed by atoms with Crippen molar-refractivity contribution in [3.05, 3.63) is 77.1 Å². The minimum absolute atomic E-state index is 0.0767. The second-order valence-corrected chi connectivity index (χ2v) is 8.23. The zero-order chi connectivity index (χ0) is 24.7. The number of carbonyl (C=O) groups excluding carboxylic acids is 2. The molecule has 0 saturated carbocycles. The molecule has 176 valence electrons. The molecule has 0 aliphatic heterocycles. The first-order valence-electron chi connectivity index (χ1n) is 10.3. The van der Waals surface area contributed by atoms with Gasteiger partial charge in [0, 0.05) is 11.8 Å².